The summed E-state index contributed by atoms with van der Waals surface area (Å²) in [7, 11) is 1.72. The van der Waals surface area contributed by atoms with Gasteiger partial charge in [-0.15, -0.1) is 0 Å². The topological polar surface area (TPSA) is 51.5 Å². The molecule has 0 bridgehead atoms. The molecular weight excluding hydrogens is 170 g/mol. The van der Waals surface area contributed by atoms with E-state index in [9.17, 15) is 0 Å². The Bertz CT molecular complexity index is 125. The predicted molar refractivity (Wildman–Crippen MR) is 40.0 cm³/mol. The van der Waals surface area contributed by atoms with Gasteiger partial charge in [-0.1, -0.05) is 0 Å². The summed E-state index contributed by atoms with van der Waals surface area (Å²) in [5, 5.41) is 10.2. The van der Waals surface area contributed by atoms with Crippen molar-refractivity contribution in [3.05, 3.63) is 0 Å². The maximum atomic E-state index is 8.30. The fourth-order valence-electron chi connectivity index (χ4n) is 0.431. The molecule has 58 valence electrons. The van der Waals surface area contributed by atoms with Crippen LogP contribution in [0.5, 0.6) is 0 Å². The first-order chi connectivity index (χ1) is 4.74. The molecule has 4 nitrogen and oxygen atoms in total. The van der Waals surface area contributed by atoms with E-state index >= 15 is 0 Å². The molecule has 0 aliphatic rings. The quantitative estimate of drug-likeness (QED) is 0.466. The highest BCUT2D eigenvalue weighted by atomic mass is 32.4. The zero-order valence-electron chi connectivity index (χ0n) is 6.08. The molecule has 0 atom stereocenters. The van der Waals surface area contributed by atoms with Crippen molar-refractivity contribution in [1.82, 2.24) is 0 Å². The molecule has 0 unspecified atom stereocenters. The minimum atomic E-state index is -2.66. The minimum absolute atomic E-state index is 0.902. The van der Waals surface area contributed by atoms with Crippen molar-refractivity contribution >= 4 is 19.2 Å². The van der Waals surface area contributed by atoms with Gasteiger partial charge in [0.15, 0.2) is 0 Å². The maximum Gasteiger partial charge on any atom is 0.587 e. The van der Waals surface area contributed by atoms with Gasteiger partial charge in [0.2, 0.25) is 0 Å². The number of nitriles is 1. The molecule has 0 saturated heterocycles. The Morgan fingerprint density at radius 3 is 1.70 bits per heavy atom. The lowest BCUT2D eigenvalue weighted by Crippen LogP contribution is -2.38. The number of nitrogens with zero attached hydrogens (tertiary/aromatic N) is 1. The molecule has 0 N–H and O–H groups in total. The Hall–Kier alpha value is -0.0631. The highest BCUT2D eigenvalue weighted by Crippen LogP contribution is 2.20. The second-order valence-electron chi connectivity index (χ2n) is 1.31. The first-order valence-electron chi connectivity index (χ1n) is 2.47. The molecule has 0 spiro atoms. The van der Waals surface area contributed by atoms with E-state index in [2.05, 4.69) is 0 Å². The molecule has 0 amide bonds. The molecule has 0 aromatic heterocycles. The summed E-state index contributed by atoms with van der Waals surface area (Å²) >= 11 is 0.902. The third-order valence-corrected chi connectivity index (χ3v) is 5.29. The van der Waals surface area contributed by atoms with Gasteiger partial charge in [-0.2, -0.15) is 5.26 Å². The lowest BCUT2D eigenvalue weighted by Gasteiger charge is -2.18. The summed E-state index contributed by atoms with van der Waals surface area (Å²) in [5.41, 5.74) is 0. The van der Waals surface area contributed by atoms with Gasteiger partial charge in [0.05, 0.1) is 0 Å². The van der Waals surface area contributed by atoms with E-state index in [1.165, 1.54) is 21.3 Å². The second-order valence-corrected chi connectivity index (χ2v) is 6.03. The monoisotopic (exact) mass is 179 g/mol. The molecule has 0 rings (SSSR count). The van der Waals surface area contributed by atoms with Crippen LogP contribution in [-0.4, -0.2) is 29.3 Å². The first kappa shape index (κ1) is 9.94. The van der Waals surface area contributed by atoms with Crippen LogP contribution in [0.2, 0.25) is 0 Å². The van der Waals surface area contributed by atoms with Gasteiger partial charge in [-0.25, -0.2) is 0 Å². The fourth-order valence-corrected chi connectivity index (χ4v) is 2.38. The summed E-state index contributed by atoms with van der Waals surface area (Å²) in [6.45, 7) is 0. The van der Waals surface area contributed by atoms with Crippen LogP contribution >= 0.6 is 11.2 Å². The molecule has 0 aliphatic heterocycles. The van der Waals surface area contributed by atoms with E-state index in [1.807, 2.05) is 5.40 Å². The summed E-state index contributed by atoms with van der Waals surface area (Å²) in [6.07, 6.45) is 0. The van der Waals surface area contributed by atoms with E-state index in [-0.39, 0.29) is 0 Å². The average Bonchev–Trinajstić information content (AvgIpc) is 2.01. The second kappa shape index (κ2) is 4.71. The van der Waals surface area contributed by atoms with E-state index < -0.39 is 7.95 Å². The lowest BCUT2D eigenvalue weighted by molar-refractivity contribution is 0.152. The fraction of sp³-hybridized carbons (Fsp3) is 0.750. The maximum absolute atomic E-state index is 8.30. The van der Waals surface area contributed by atoms with E-state index in [4.69, 9.17) is 18.5 Å². The summed E-state index contributed by atoms with van der Waals surface area (Å²) < 4.78 is 14.7. The van der Waals surface area contributed by atoms with Gasteiger partial charge in [0, 0.05) is 32.5 Å². The normalized spacial score (nSPS) is 11.0. The predicted octanol–water partition coefficient (Wildman–Crippen LogP) is 0.575. The Labute approximate surface area is 65.1 Å². The van der Waals surface area contributed by atoms with Crippen molar-refractivity contribution in [2.75, 3.05) is 21.3 Å². The third kappa shape index (κ3) is 2.28. The van der Waals surface area contributed by atoms with Gasteiger partial charge in [-0.05, 0) is 0 Å². The molecule has 0 aliphatic carbocycles. The number of hydrogen-bond acceptors (Lipinski definition) is 5. The van der Waals surface area contributed by atoms with E-state index in [0.717, 1.165) is 11.2 Å². The van der Waals surface area contributed by atoms with Gasteiger partial charge in [-0.3, -0.25) is 0 Å². The van der Waals surface area contributed by atoms with Crippen molar-refractivity contribution in [1.29, 1.82) is 5.26 Å². The number of thiocyanates is 1. The SMILES string of the molecule is CO[Si](OC)(OC)SC#N. The van der Waals surface area contributed by atoms with Crippen LogP contribution in [0, 0.1) is 10.7 Å². The molecular formula is C4H9NO3SSi. The van der Waals surface area contributed by atoms with Crippen LogP contribution in [0.25, 0.3) is 0 Å². The molecule has 0 radical (unpaired) electrons. The molecule has 0 fully saturated rings. The van der Waals surface area contributed by atoms with Gasteiger partial charge in [0.1, 0.15) is 5.40 Å². The van der Waals surface area contributed by atoms with Crippen molar-refractivity contribution in [2.24, 2.45) is 0 Å². The number of rotatable bonds is 4. The standard InChI is InChI=1S/C4H9NO3SSi/c1-6-10(7-2,8-3)9-4-5/h1-3H3. The van der Waals surface area contributed by atoms with Crippen LogP contribution in [0.15, 0.2) is 0 Å². The lowest BCUT2D eigenvalue weighted by atomic mass is 11.8. The summed E-state index contributed by atoms with van der Waals surface area (Å²) in [5.74, 6) is 0. The zero-order valence-corrected chi connectivity index (χ0v) is 7.90. The largest absolute Gasteiger partial charge is 0.587 e. The van der Waals surface area contributed by atoms with Crippen molar-refractivity contribution in [2.45, 2.75) is 0 Å². The smallest absolute Gasteiger partial charge is 0.368 e. The summed E-state index contributed by atoms with van der Waals surface area (Å²) in [6, 6.07) is 0. The van der Waals surface area contributed by atoms with Crippen molar-refractivity contribution < 1.29 is 13.3 Å². The molecule has 0 saturated carbocycles. The van der Waals surface area contributed by atoms with Gasteiger partial charge < -0.3 is 13.3 Å². The average molecular weight is 179 g/mol. The number of hydrogen-bond donors (Lipinski definition) is 0. The molecule has 0 aromatic rings. The van der Waals surface area contributed by atoms with Crippen LogP contribution in [0.1, 0.15) is 0 Å². The van der Waals surface area contributed by atoms with Crippen molar-refractivity contribution in [3.63, 3.8) is 0 Å². The minimum Gasteiger partial charge on any atom is -0.368 e. The van der Waals surface area contributed by atoms with E-state index in [0.29, 0.717) is 0 Å². The first-order valence-corrected chi connectivity index (χ1v) is 5.73. The highest BCUT2D eigenvalue weighted by Gasteiger charge is 2.40. The Balaban J connectivity index is 4.04. The van der Waals surface area contributed by atoms with Crippen LogP contribution in [0.3, 0.4) is 0 Å². The molecule has 6 heteroatoms. The Morgan fingerprint density at radius 2 is 1.60 bits per heavy atom. The van der Waals surface area contributed by atoms with Crippen LogP contribution in [0.4, 0.5) is 0 Å². The van der Waals surface area contributed by atoms with Gasteiger partial charge in [0.25, 0.3) is 0 Å². The highest BCUT2D eigenvalue weighted by molar-refractivity contribution is 8.29. The molecule has 0 heterocycles. The van der Waals surface area contributed by atoms with Crippen molar-refractivity contribution in [3.8, 4) is 5.40 Å². The molecule has 0 aromatic carbocycles. The summed E-state index contributed by atoms with van der Waals surface area (Å²) in [4.78, 5) is 0. The third-order valence-electron chi connectivity index (χ3n) is 0.921. The van der Waals surface area contributed by atoms with E-state index in [1.54, 1.807) is 0 Å². The van der Waals surface area contributed by atoms with Gasteiger partial charge >= 0.3 is 7.95 Å². The Kier molecular flexibility index (Phi) is 4.68. The zero-order chi connectivity index (χ0) is 8.04. The molecule has 10 heavy (non-hydrogen) atoms. The van der Waals surface area contributed by atoms with Crippen LogP contribution < -0.4 is 0 Å². The Morgan fingerprint density at radius 1 is 1.20 bits per heavy atom. The van der Waals surface area contributed by atoms with Crippen LogP contribution in [-0.2, 0) is 13.3 Å².